The molecule has 0 aromatic carbocycles. The Morgan fingerprint density at radius 3 is 2.71 bits per heavy atom. The second-order valence-corrected chi connectivity index (χ2v) is 4.60. The predicted octanol–water partition coefficient (Wildman–Crippen LogP) is 0.897. The lowest BCUT2D eigenvalue weighted by Gasteiger charge is -2.28. The second kappa shape index (κ2) is 5.14. The Morgan fingerprint density at radius 1 is 1.59 bits per heavy atom. The van der Waals surface area contributed by atoms with Gasteiger partial charge in [0.25, 0.3) is 5.91 Å². The van der Waals surface area contributed by atoms with Crippen molar-refractivity contribution >= 4 is 11.7 Å². The molecule has 1 heterocycles. The lowest BCUT2D eigenvalue weighted by molar-refractivity contribution is 0.0314. The highest BCUT2D eigenvalue weighted by atomic mass is 16.3. The van der Waals surface area contributed by atoms with Gasteiger partial charge in [-0.2, -0.15) is 0 Å². The zero-order valence-electron chi connectivity index (χ0n) is 10.5. The molecule has 0 saturated heterocycles. The van der Waals surface area contributed by atoms with Crippen molar-refractivity contribution in [1.82, 2.24) is 9.88 Å². The fraction of sp³-hybridized carbons (Fsp3) is 0.500. The summed E-state index contributed by atoms with van der Waals surface area (Å²) >= 11 is 0. The maximum absolute atomic E-state index is 12.1. The van der Waals surface area contributed by atoms with E-state index in [4.69, 9.17) is 5.73 Å². The maximum Gasteiger partial charge on any atom is 0.254 e. The fourth-order valence-corrected chi connectivity index (χ4v) is 1.56. The number of carbonyl (C=O) groups excluding carboxylic acids is 1. The van der Waals surface area contributed by atoms with Gasteiger partial charge >= 0.3 is 0 Å². The normalized spacial score (nSPS) is 11.3. The van der Waals surface area contributed by atoms with Crippen LogP contribution in [0.1, 0.15) is 31.1 Å². The summed E-state index contributed by atoms with van der Waals surface area (Å²) in [6.45, 7) is 6.03. The molecule has 1 aromatic rings. The molecule has 1 amide bonds. The van der Waals surface area contributed by atoms with E-state index in [0.717, 1.165) is 0 Å². The number of hydrogen-bond acceptors (Lipinski definition) is 4. The molecule has 0 fully saturated rings. The van der Waals surface area contributed by atoms with Crippen LogP contribution in [0.3, 0.4) is 0 Å². The molecule has 0 aliphatic carbocycles. The van der Waals surface area contributed by atoms with Crippen LogP contribution in [-0.4, -0.2) is 39.6 Å². The summed E-state index contributed by atoms with van der Waals surface area (Å²) in [6.07, 6.45) is 1.50. The third-order valence-electron chi connectivity index (χ3n) is 2.27. The van der Waals surface area contributed by atoms with Gasteiger partial charge in [-0.3, -0.25) is 4.79 Å². The Hall–Kier alpha value is -1.62. The monoisotopic (exact) mass is 237 g/mol. The largest absolute Gasteiger partial charge is 0.389 e. The Kier molecular flexibility index (Phi) is 4.07. The van der Waals surface area contributed by atoms with Gasteiger partial charge in [-0.1, -0.05) is 0 Å². The van der Waals surface area contributed by atoms with E-state index in [1.807, 2.05) is 6.92 Å². The van der Waals surface area contributed by atoms with E-state index < -0.39 is 5.60 Å². The zero-order valence-corrected chi connectivity index (χ0v) is 10.5. The Labute approximate surface area is 101 Å². The van der Waals surface area contributed by atoms with Crippen molar-refractivity contribution in [3.63, 3.8) is 0 Å². The first kappa shape index (κ1) is 13.4. The van der Waals surface area contributed by atoms with Crippen molar-refractivity contribution < 1.29 is 9.90 Å². The number of anilines is 1. The summed E-state index contributed by atoms with van der Waals surface area (Å²) in [4.78, 5) is 17.6. The van der Waals surface area contributed by atoms with Crippen molar-refractivity contribution in [2.24, 2.45) is 0 Å². The number of likely N-dealkylation sites (N-methyl/N-ethyl adjacent to an activating group) is 1. The summed E-state index contributed by atoms with van der Waals surface area (Å²) in [5.74, 6) is 0.166. The second-order valence-electron chi connectivity index (χ2n) is 4.60. The number of pyridine rings is 1. The van der Waals surface area contributed by atoms with Gasteiger partial charge in [0.15, 0.2) is 0 Å². The van der Waals surface area contributed by atoms with Gasteiger partial charge in [0, 0.05) is 24.8 Å². The smallest absolute Gasteiger partial charge is 0.254 e. The van der Waals surface area contributed by atoms with E-state index in [9.17, 15) is 9.90 Å². The maximum atomic E-state index is 12.1. The van der Waals surface area contributed by atoms with E-state index in [1.165, 1.54) is 12.3 Å². The lowest BCUT2D eigenvalue weighted by Crippen LogP contribution is -2.42. The van der Waals surface area contributed by atoms with Crippen molar-refractivity contribution in [1.29, 1.82) is 0 Å². The summed E-state index contributed by atoms with van der Waals surface area (Å²) < 4.78 is 0. The summed E-state index contributed by atoms with van der Waals surface area (Å²) in [6, 6.07) is 3.15. The first-order valence-electron chi connectivity index (χ1n) is 5.56. The van der Waals surface area contributed by atoms with Crippen molar-refractivity contribution in [2.75, 3.05) is 18.8 Å². The molecule has 0 atom stereocenters. The molecule has 0 radical (unpaired) electrons. The number of amides is 1. The third kappa shape index (κ3) is 4.03. The van der Waals surface area contributed by atoms with Crippen LogP contribution >= 0.6 is 0 Å². The standard InChI is InChI=1S/C12H19N3O2/c1-4-15(8-12(2,3)17)11(16)9-5-6-14-10(13)7-9/h5-7,17H,4,8H2,1-3H3,(H2,13,14). The highest BCUT2D eigenvalue weighted by Crippen LogP contribution is 2.11. The first-order valence-corrected chi connectivity index (χ1v) is 5.56. The zero-order chi connectivity index (χ0) is 13.1. The van der Waals surface area contributed by atoms with Crippen LogP contribution in [0.5, 0.6) is 0 Å². The van der Waals surface area contributed by atoms with Crippen LogP contribution in [0.2, 0.25) is 0 Å². The van der Waals surface area contributed by atoms with Gasteiger partial charge < -0.3 is 15.7 Å². The molecule has 0 unspecified atom stereocenters. The minimum atomic E-state index is -0.912. The summed E-state index contributed by atoms with van der Waals surface area (Å²) in [5, 5.41) is 9.74. The third-order valence-corrected chi connectivity index (χ3v) is 2.27. The number of aromatic nitrogens is 1. The quantitative estimate of drug-likeness (QED) is 0.815. The number of nitrogens with zero attached hydrogens (tertiary/aromatic N) is 2. The average molecular weight is 237 g/mol. The van der Waals surface area contributed by atoms with Crippen LogP contribution in [0.15, 0.2) is 18.3 Å². The van der Waals surface area contributed by atoms with Crippen LogP contribution in [0.25, 0.3) is 0 Å². The van der Waals surface area contributed by atoms with E-state index in [-0.39, 0.29) is 12.5 Å². The molecule has 94 valence electrons. The first-order chi connectivity index (χ1) is 7.83. The molecule has 0 aliphatic rings. The number of carbonyl (C=O) groups is 1. The molecule has 1 aromatic heterocycles. The molecule has 0 aliphatic heterocycles. The SMILES string of the molecule is CCN(CC(C)(C)O)C(=O)c1ccnc(N)c1. The molecule has 3 N–H and O–H groups in total. The Morgan fingerprint density at radius 2 is 2.24 bits per heavy atom. The van der Waals surface area contributed by atoms with Crippen LogP contribution in [0.4, 0.5) is 5.82 Å². The Bertz CT molecular complexity index is 399. The molecule has 0 spiro atoms. The van der Waals surface area contributed by atoms with Gasteiger partial charge in [0.2, 0.25) is 0 Å². The molecule has 17 heavy (non-hydrogen) atoms. The van der Waals surface area contributed by atoms with Gasteiger partial charge in [-0.15, -0.1) is 0 Å². The minimum Gasteiger partial charge on any atom is -0.389 e. The number of hydrogen-bond donors (Lipinski definition) is 2. The van der Waals surface area contributed by atoms with Crippen LogP contribution < -0.4 is 5.73 Å². The molecular formula is C12H19N3O2. The Balaban J connectivity index is 2.87. The highest BCUT2D eigenvalue weighted by molar-refractivity contribution is 5.94. The highest BCUT2D eigenvalue weighted by Gasteiger charge is 2.22. The van der Waals surface area contributed by atoms with Crippen molar-refractivity contribution in [2.45, 2.75) is 26.4 Å². The van der Waals surface area contributed by atoms with E-state index in [2.05, 4.69) is 4.98 Å². The molecular weight excluding hydrogens is 218 g/mol. The average Bonchev–Trinajstić information content (AvgIpc) is 2.23. The number of rotatable bonds is 4. The van der Waals surface area contributed by atoms with Crippen molar-refractivity contribution in [3.05, 3.63) is 23.9 Å². The van der Waals surface area contributed by atoms with Gasteiger partial charge in [0.1, 0.15) is 5.82 Å². The molecule has 5 heteroatoms. The molecule has 0 saturated carbocycles. The van der Waals surface area contributed by atoms with Gasteiger partial charge in [-0.05, 0) is 32.9 Å². The van der Waals surface area contributed by atoms with E-state index in [0.29, 0.717) is 17.9 Å². The molecule has 0 bridgehead atoms. The lowest BCUT2D eigenvalue weighted by atomic mass is 10.1. The molecule has 5 nitrogen and oxygen atoms in total. The van der Waals surface area contributed by atoms with Crippen LogP contribution in [0, 0.1) is 0 Å². The van der Waals surface area contributed by atoms with Crippen LogP contribution in [-0.2, 0) is 0 Å². The fourth-order valence-electron chi connectivity index (χ4n) is 1.56. The van der Waals surface area contributed by atoms with Gasteiger partial charge in [-0.25, -0.2) is 4.98 Å². The minimum absolute atomic E-state index is 0.149. The van der Waals surface area contributed by atoms with Gasteiger partial charge in [0.05, 0.1) is 5.60 Å². The van der Waals surface area contributed by atoms with E-state index in [1.54, 1.807) is 24.8 Å². The number of nitrogens with two attached hydrogens (primary N) is 1. The molecule has 1 rings (SSSR count). The van der Waals surface area contributed by atoms with E-state index >= 15 is 0 Å². The summed E-state index contributed by atoms with van der Waals surface area (Å²) in [5.41, 5.74) is 5.11. The number of nitrogen functional groups attached to an aromatic ring is 1. The summed E-state index contributed by atoms with van der Waals surface area (Å²) in [7, 11) is 0. The topological polar surface area (TPSA) is 79.5 Å². The number of aliphatic hydroxyl groups is 1. The predicted molar refractivity (Wildman–Crippen MR) is 66.5 cm³/mol. The van der Waals surface area contributed by atoms with Crippen molar-refractivity contribution in [3.8, 4) is 0 Å².